The lowest BCUT2D eigenvalue weighted by Gasteiger charge is -2.35. The molecule has 6 aromatic rings. The maximum absolute atomic E-state index is 17.0. The molecular weight excluding hydrogens is 1020 g/mol. The lowest BCUT2D eigenvalue weighted by molar-refractivity contribution is -0.144. The van der Waals surface area contributed by atoms with Gasteiger partial charge in [0.1, 0.15) is 46.2 Å². The van der Waals surface area contributed by atoms with Crippen LogP contribution in [-0.4, -0.2) is 146 Å². The highest BCUT2D eigenvalue weighted by molar-refractivity contribution is 7.71. The van der Waals surface area contributed by atoms with Gasteiger partial charge in [0.15, 0.2) is 5.82 Å². The van der Waals surface area contributed by atoms with E-state index < -0.39 is 41.1 Å². The summed E-state index contributed by atoms with van der Waals surface area (Å²) >= 11 is 7.03. The van der Waals surface area contributed by atoms with Crippen LogP contribution in [0.4, 0.5) is 14.6 Å². The number of aliphatic hydroxyl groups is 1. The van der Waals surface area contributed by atoms with Crippen molar-refractivity contribution >= 4 is 68.8 Å². The number of aryl methyl sites for hydroxylation is 1. The molecule has 21 heteroatoms. The second kappa shape index (κ2) is 23.1. The first-order valence-corrected chi connectivity index (χ1v) is 28.0. The van der Waals surface area contributed by atoms with E-state index in [1.807, 2.05) is 64.4 Å². The molecule has 4 aliphatic heterocycles. The van der Waals surface area contributed by atoms with Crippen LogP contribution in [0.25, 0.3) is 43.5 Å². The number of nitrogens with zero attached hydrogens (tertiary/aromatic N) is 7. The van der Waals surface area contributed by atoms with E-state index in [9.17, 15) is 19.5 Å². The van der Waals surface area contributed by atoms with Crippen molar-refractivity contribution in [1.82, 2.24) is 50.7 Å². The van der Waals surface area contributed by atoms with E-state index in [0.29, 0.717) is 47.3 Å². The molecule has 3 amide bonds. The van der Waals surface area contributed by atoms with E-state index in [1.54, 1.807) is 35.7 Å². The van der Waals surface area contributed by atoms with Gasteiger partial charge in [-0.15, -0.1) is 11.3 Å². The largest absolute Gasteiger partial charge is 0.462 e. The summed E-state index contributed by atoms with van der Waals surface area (Å²) in [4.78, 5) is 69.8. The first kappa shape index (κ1) is 54.3. The van der Waals surface area contributed by atoms with Gasteiger partial charge in [-0.2, -0.15) is 9.97 Å². The smallest absolute Gasteiger partial charge is 0.319 e. The van der Waals surface area contributed by atoms with Crippen molar-refractivity contribution < 1.29 is 37.7 Å². The van der Waals surface area contributed by atoms with Crippen LogP contribution < -0.4 is 25.6 Å². The molecule has 0 spiro atoms. The molecular formula is C56H67F2N11O6S2. The number of thiazole rings is 1. The Morgan fingerprint density at radius 1 is 1.00 bits per heavy atom. The second-order valence-electron chi connectivity index (χ2n) is 22.0. The summed E-state index contributed by atoms with van der Waals surface area (Å²) in [5.74, 6) is -1.88. The van der Waals surface area contributed by atoms with Crippen LogP contribution in [0.2, 0.25) is 0 Å². The zero-order valence-corrected chi connectivity index (χ0v) is 45.7. The predicted octanol–water partition coefficient (Wildman–Crippen LogP) is 7.56. The number of piperazine rings is 1. The van der Waals surface area contributed by atoms with Gasteiger partial charge in [0.05, 0.1) is 45.9 Å². The molecule has 77 heavy (non-hydrogen) atoms. The van der Waals surface area contributed by atoms with Gasteiger partial charge in [0.25, 0.3) is 0 Å². The number of H-pyrrole nitrogens is 1. The Bertz CT molecular complexity index is 3200. The van der Waals surface area contributed by atoms with Gasteiger partial charge in [-0.25, -0.2) is 13.8 Å². The number of aliphatic hydroxyl groups excluding tert-OH is 1. The number of carbonyl (C=O) groups excluding carboxylic acids is 3. The molecule has 4 aromatic heterocycles. The second-order valence-corrected chi connectivity index (χ2v) is 23.3. The number of hydrogen-bond acceptors (Lipinski definition) is 15. The van der Waals surface area contributed by atoms with Crippen molar-refractivity contribution in [3.63, 3.8) is 0 Å². The molecule has 4 saturated heterocycles. The monoisotopic (exact) mass is 1090 g/mol. The number of pyridine rings is 2. The van der Waals surface area contributed by atoms with Crippen LogP contribution >= 0.6 is 23.6 Å². The highest BCUT2D eigenvalue weighted by Crippen LogP contribution is 2.37. The van der Waals surface area contributed by atoms with Crippen LogP contribution in [0.3, 0.4) is 0 Å². The molecule has 0 aliphatic carbocycles. The number of fused-ring (bicyclic) bond motifs is 4. The summed E-state index contributed by atoms with van der Waals surface area (Å²) in [6, 6.07) is 12.6. The van der Waals surface area contributed by atoms with Crippen LogP contribution in [-0.2, 0) is 19.1 Å². The summed E-state index contributed by atoms with van der Waals surface area (Å²) in [5.41, 5.74) is 4.06. The van der Waals surface area contributed by atoms with E-state index >= 15 is 8.78 Å². The number of carbonyl (C=O) groups is 3. The van der Waals surface area contributed by atoms with Crippen molar-refractivity contribution in [2.75, 3.05) is 57.4 Å². The fourth-order valence-corrected chi connectivity index (χ4v) is 12.4. The minimum atomic E-state index is -0.956. The van der Waals surface area contributed by atoms with Gasteiger partial charge in [-0.1, -0.05) is 69.4 Å². The number of amides is 3. The molecule has 10 rings (SSSR count). The lowest BCUT2D eigenvalue weighted by atomic mass is 9.85. The summed E-state index contributed by atoms with van der Waals surface area (Å²) < 4.78 is 44.9. The molecule has 2 bridgehead atoms. The Balaban J connectivity index is 0.725. The molecule has 0 saturated carbocycles. The number of β-amino-alcohol motifs (C(OH)–C–C–N with tert-alkyl or cyclic N) is 1. The van der Waals surface area contributed by atoms with Crippen LogP contribution in [0.5, 0.6) is 6.01 Å². The minimum Gasteiger partial charge on any atom is -0.462 e. The Morgan fingerprint density at radius 3 is 2.52 bits per heavy atom. The maximum atomic E-state index is 17.0. The molecule has 408 valence electrons. The molecule has 4 aliphatic rings. The predicted molar refractivity (Wildman–Crippen MR) is 294 cm³/mol. The number of rotatable bonds is 18. The topological polar surface area (TPSA) is 203 Å². The Kier molecular flexibility index (Phi) is 16.3. The standard InChI is InChI=1S/C56H67F2N11O6S2/c1-31(33-12-14-34(15-13-33)50-32(2)60-30-77-50)61-53(72)42-24-39(70)28-69(42)54(73)51(56(3,4)5)63-43(71)18-22-74-21-8-20-67-19-7-10-38(67)29-75-55-65-47-40(52(66-55)68-26-36-16-17-37(27-68)62-36)25-59-49(46(47)58)48-45-35(23-44(76)64-48)9-6-11-41(45)57/h6,9,11-15,23,25,30-31,36-39,42,51,62,70H,7-8,10,16-22,24,26-29H2,1-5H3,(H,61,72)(H,63,71)(H,64,76)/t31-,36?,37?,38-,39+,42-,51+/m0/s1. The van der Waals surface area contributed by atoms with Crippen molar-refractivity contribution in [3.8, 4) is 27.8 Å². The molecule has 2 aromatic carbocycles. The van der Waals surface area contributed by atoms with Gasteiger partial charge in [0.2, 0.25) is 17.7 Å². The molecule has 8 heterocycles. The van der Waals surface area contributed by atoms with Crippen LogP contribution in [0.15, 0.2) is 60.2 Å². The SMILES string of the molecule is Cc1ncsc1-c1ccc([C@H](C)NC(=O)[C@@H]2C[C@@H](O)CN2C(=O)[C@@H](NC(=O)CCOCCCN2CCC[C@H]2COc2nc(N3CC4CCC(C3)N4)c3cnc(-c4[nH]c(=S)cc5cccc(F)c45)c(F)c3n2)C(C)(C)C)cc1. The third kappa shape index (κ3) is 12.0. The number of ether oxygens (including phenoxy) is 2. The third-order valence-electron chi connectivity index (χ3n) is 15.4. The van der Waals surface area contributed by atoms with E-state index in [1.165, 1.54) is 11.0 Å². The van der Waals surface area contributed by atoms with Crippen molar-refractivity contribution in [3.05, 3.63) is 87.8 Å². The van der Waals surface area contributed by atoms with E-state index in [4.69, 9.17) is 26.7 Å². The number of nitrogens with one attached hydrogen (secondary N) is 4. The number of hydrogen-bond donors (Lipinski definition) is 5. The average molecular weight is 1090 g/mol. The average Bonchev–Trinajstić information content (AvgIpc) is 4.23. The summed E-state index contributed by atoms with van der Waals surface area (Å²) in [6.45, 7) is 13.2. The Labute approximate surface area is 455 Å². The number of benzene rings is 2. The van der Waals surface area contributed by atoms with Gasteiger partial charge in [-0.3, -0.25) is 24.3 Å². The molecule has 0 radical (unpaired) electrons. The fourth-order valence-electron chi connectivity index (χ4n) is 11.4. The maximum Gasteiger partial charge on any atom is 0.319 e. The summed E-state index contributed by atoms with van der Waals surface area (Å²) in [5, 5.41) is 21.5. The third-order valence-corrected chi connectivity index (χ3v) is 16.6. The quantitative estimate of drug-likeness (QED) is 0.0417. The van der Waals surface area contributed by atoms with Crippen LogP contribution in [0.1, 0.15) is 89.9 Å². The van der Waals surface area contributed by atoms with Gasteiger partial charge >= 0.3 is 6.01 Å². The highest BCUT2D eigenvalue weighted by Gasteiger charge is 2.45. The number of anilines is 1. The minimum absolute atomic E-state index is 0.0223. The molecule has 17 nitrogen and oxygen atoms in total. The van der Waals surface area contributed by atoms with Crippen molar-refractivity contribution in [2.24, 2.45) is 5.41 Å². The first-order valence-electron chi connectivity index (χ1n) is 26.7. The fraction of sp³-hybridized carbons (Fsp3) is 0.500. The zero-order chi connectivity index (χ0) is 54.1. The van der Waals surface area contributed by atoms with Gasteiger partial charge in [-0.05, 0) is 86.6 Å². The Hall–Kier alpha value is -6.10. The van der Waals surface area contributed by atoms with Crippen molar-refractivity contribution in [1.29, 1.82) is 0 Å². The number of likely N-dealkylation sites (tertiary alicyclic amines) is 2. The molecule has 5 N–H and O–H groups in total. The first-order chi connectivity index (χ1) is 37.0. The normalized spacial score (nSPS) is 21.5. The highest BCUT2D eigenvalue weighted by atomic mass is 32.1. The van der Waals surface area contributed by atoms with Crippen LogP contribution in [0, 0.1) is 28.6 Å². The molecule has 2 unspecified atom stereocenters. The molecule has 4 fully saturated rings. The van der Waals surface area contributed by atoms with E-state index in [2.05, 4.69) is 45.7 Å². The summed E-state index contributed by atoms with van der Waals surface area (Å²) in [6.07, 6.45) is 5.40. The number of aromatic amines is 1. The van der Waals surface area contributed by atoms with E-state index in [-0.39, 0.29) is 96.9 Å². The lowest BCUT2D eigenvalue weighted by Crippen LogP contribution is -2.58. The van der Waals surface area contributed by atoms with Crippen molar-refractivity contribution in [2.45, 2.75) is 122 Å². The van der Waals surface area contributed by atoms with Gasteiger partial charge in [0, 0.05) is 75.3 Å². The number of halogens is 2. The molecule has 7 atom stereocenters. The van der Waals surface area contributed by atoms with Gasteiger partial charge < -0.3 is 45.3 Å². The zero-order valence-electron chi connectivity index (χ0n) is 44.1. The summed E-state index contributed by atoms with van der Waals surface area (Å²) in [7, 11) is 0. The number of aromatic nitrogens is 5. The van der Waals surface area contributed by atoms with E-state index in [0.717, 1.165) is 60.5 Å². The Morgan fingerprint density at radius 2 is 1.78 bits per heavy atom.